The number of hydrogen-bond acceptors (Lipinski definition) is 3. The molecule has 0 fully saturated rings. The van der Waals surface area contributed by atoms with Crippen molar-refractivity contribution in [3.63, 3.8) is 0 Å². The summed E-state index contributed by atoms with van der Waals surface area (Å²) in [6.45, 7) is 3.98. The van der Waals surface area contributed by atoms with Gasteiger partial charge < -0.3 is 11.1 Å². The zero-order valence-corrected chi connectivity index (χ0v) is 11.2. The Balaban J connectivity index is 2.92. The number of nitrogens with one attached hydrogen (secondary N) is 1. The fraction of sp³-hybridized carbons (Fsp3) is 0.385. The second kappa shape index (κ2) is 5.85. The Bertz CT molecular complexity index is 489. The summed E-state index contributed by atoms with van der Waals surface area (Å²) in [5.74, 6) is -0.167. The van der Waals surface area contributed by atoms with Crippen LogP contribution in [-0.4, -0.2) is 12.5 Å². The van der Waals surface area contributed by atoms with Gasteiger partial charge in [0.2, 0.25) is 5.91 Å². The highest BCUT2D eigenvalue weighted by molar-refractivity contribution is 6.33. The third-order valence-electron chi connectivity index (χ3n) is 3.13. The van der Waals surface area contributed by atoms with E-state index in [9.17, 15) is 4.79 Å². The monoisotopic (exact) mass is 265 g/mol. The van der Waals surface area contributed by atoms with Crippen molar-refractivity contribution < 1.29 is 4.79 Å². The van der Waals surface area contributed by atoms with E-state index in [1.54, 1.807) is 19.1 Å². The summed E-state index contributed by atoms with van der Waals surface area (Å²) >= 11 is 5.99. The molecule has 0 spiro atoms. The molecule has 0 aliphatic carbocycles. The zero-order chi connectivity index (χ0) is 13.8. The van der Waals surface area contributed by atoms with Gasteiger partial charge in [0.05, 0.1) is 27.8 Å². The quantitative estimate of drug-likeness (QED) is 0.878. The van der Waals surface area contributed by atoms with Gasteiger partial charge in [0, 0.05) is 6.54 Å². The highest BCUT2D eigenvalue weighted by atomic mass is 35.5. The van der Waals surface area contributed by atoms with E-state index in [2.05, 4.69) is 5.32 Å². The number of nitrogens with zero attached hydrogens (tertiary/aromatic N) is 1. The van der Waals surface area contributed by atoms with Crippen LogP contribution in [-0.2, 0) is 4.79 Å². The van der Waals surface area contributed by atoms with Crippen molar-refractivity contribution in [1.82, 2.24) is 0 Å². The summed E-state index contributed by atoms with van der Waals surface area (Å²) in [7, 11) is 0. The van der Waals surface area contributed by atoms with Crippen LogP contribution in [0.1, 0.15) is 25.8 Å². The average molecular weight is 266 g/mol. The number of hydrogen-bond donors (Lipinski definition) is 2. The summed E-state index contributed by atoms with van der Waals surface area (Å²) in [4.78, 5) is 12.1. The van der Waals surface area contributed by atoms with Gasteiger partial charge in [0.1, 0.15) is 0 Å². The van der Waals surface area contributed by atoms with Crippen LogP contribution in [0.25, 0.3) is 0 Å². The Morgan fingerprint density at radius 3 is 2.72 bits per heavy atom. The Morgan fingerprint density at radius 1 is 1.61 bits per heavy atom. The first kappa shape index (κ1) is 14.5. The number of amides is 1. The lowest BCUT2D eigenvalue weighted by molar-refractivity contribution is -0.124. The Morgan fingerprint density at radius 2 is 2.28 bits per heavy atom. The van der Waals surface area contributed by atoms with Crippen molar-refractivity contribution in [3.05, 3.63) is 28.8 Å². The normalized spacial score (nSPS) is 13.5. The summed E-state index contributed by atoms with van der Waals surface area (Å²) in [5, 5.41) is 11.8. The summed E-state index contributed by atoms with van der Waals surface area (Å²) in [6.07, 6.45) is 0.642. The van der Waals surface area contributed by atoms with Crippen LogP contribution >= 0.6 is 11.6 Å². The van der Waals surface area contributed by atoms with E-state index in [1.807, 2.05) is 13.0 Å². The van der Waals surface area contributed by atoms with Gasteiger partial charge in [-0.2, -0.15) is 5.26 Å². The number of benzene rings is 1. The third-order valence-corrected chi connectivity index (χ3v) is 3.44. The van der Waals surface area contributed by atoms with Crippen molar-refractivity contribution in [2.75, 3.05) is 11.9 Å². The number of halogens is 1. The molecule has 0 saturated carbocycles. The Labute approximate surface area is 112 Å². The summed E-state index contributed by atoms with van der Waals surface area (Å²) in [6, 6.07) is 6.72. The molecule has 5 heteroatoms. The molecule has 0 saturated heterocycles. The van der Waals surface area contributed by atoms with Crippen molar-refractivity contribution in [2.45, 2.75) is 20.3 Å². The Hall–Kier alpha value is -1.57. The summed E-state index contributed by atoms with van der Waals surface area (Å²) < 4.78 is 0. The highest BCUT2D eigenvalue weighted by Crippen LogP contribution is 2.26. The molecule has 1 aromatic rings. The first-order chi connectivity index (χ1) is 8.46. The number of nitrogens with two attached hydrogens (primary N) is 1. The molecule has 18 heavy (non-hydrogen) atoms. The Kier molecular flexibility index (Phi) is 4.71. The predicted octanol–water partition coefficient (Wildman–Crippen LogP) is 2.53. The number of rotatable bonds is 4. The van der Waals surface area contributed by atoms with Gasteiger partial charge in [-0.15, -0.1) is 0 Å². The molecule has 0 radical (unpaired) electrons. The molecule has 1 rings (SSSR count). The summed E-state index contributed by atoms with van der Waals surface area (Å²) in [5.41, 5.74) is 5.95. The topological polar surface area (TPSA) is 78.9 Å². The standard InChI is InChI=1S/C13H16ClN3O/c1-3-13(2,8-16)12(18)17-11-5-4-9(7-15)6-10(11)14/h4-6H,3,8,16H2,1-2H3,(H,17,18). The molecule has 1 amide bonds. The van der Waals surface area contributed by atoms with Gasteiger partial charge in [-0.1, -0.05) is 18.5 Å². The second-order valence-electron chi connectivity index (χ2n) is 4.38. The maximum atomic E-state index is 12.1. The number of carbonyl (C=O) groups is 1. The lowest BCUT2D eigenvalue weighted by Gasteiger charge is -2.25. The fourth-order valence-corrected chi connectivity index (χ4v) is 1.58. The van der Waals surface area contributed by atoms with Gasteiger partial charge in [-0.3, -0.25) is 4.79 Å². The molecular weight excluding hydrogens is 250 g/mol. The lowest BCUT2D eigenvalue weighted by atomic mass is 9.86. The number of anilines is 1. The van der Waals surface area contributed by atoms with Crippen LogP contribution in [0.15, 0.2) is 18.2 Å². The van der Waals surface area contributed by atoms with Gasteiger partial charge in [0.25, 0.3) is 0 Å². The van der Waals surface area contributed by atoms with Crippen LogP contribution in [0.5, 0.6) is 0 Å². The molecular formula is C13H16ClN3O. The predicted molar refractivity (Wildman–Crippen MR) is 72.2 cm³/mol. The van der Waals surface area contributed by atoms with Gasteiger partial charge in [-0.05, 0) is 31.5 Å². The average Bonchev–Trinajstić information content (AvgIpc) is 2.39. The van der Waals surface area contributed by atoms with Crippen molar-refractivity contribution in [1.29, 1.82) is 5.26 Å². The number of nitriles is 1. The molecule has 0 aliphatic heterocycles. The minimum Gasteiger partial charge on any atom is -0.329 e. The minimum absolute atomic E-state index is 0.167. The van der Waals surface area contributed by atoms with Gasteiger partial charge in [0.15, 0.2) is 0 Å². The van der Waals surface area contributed by atoms with Crippen LogP contribution in [0.3, 0.4) is 0 Å². The van der Waals surface area contributed by atoms with E-state index in [4.69, 9.17) is 22.6 Å². The highest BCUT2D eigenvalue weighted by Gasteiger charge is 2.29. The van der Waals surface area contributed by atoms with Crippen LogP contribution in [0.4, 0.5) is 5.69 Å². The van der Waals surface area contributed by atoms with Gasteiger partial charge >= 0.3 is 0 Å². The largest absolute Gasteiger partial charge is 0.329 e. The molecule has 4 nitrogen and oxygen atoms in total. The van der Waals surface area contributed by atoms with E-state index >= 15 is 0 Å². The molecule has 0 aliphatic rings. The van der Waals surface area contributed by atoms with Crippen LogP contribution < -0.4 is 11.1 Å². The fourth-order valence-electron chi connectivity index (χ4n) is 1.36. The van der Waals surface area contributed by atoms with E-state index < -0.39 is 5.41 Å². The molecule has 0 bridgehead atoms. The minimum atomic E-state index is -0.614. The van der Waals surface area contributed by atoms with E-state index in [1.165, 1.54) is 6.07 Å². The molecule has 96 valence electrons. The smallest absolute Gasteiger partial charge is 0.231 e. The molecule has 1 atom stereocenters. The first-order valence-corrected chi connectivity index (χ1v) is 6.06. The van der Waals surface area contributed by atoms with Crippen molar-refractivity contribution >= 4 is 23.2 Å². The maximum Gasteiger partial charge on any atom is 0.231 e. The van der Waals surface area contributed by atoms with Crippen molar-refractivity contribution in [3.8, 4) is 6.07 Å². The van der Waals surface area contributed by atoms with E-state index in [0.29, 0.717) is 22.7 Å². The molecule has 3 N–H and O–H groups in total. The van der Waals surface area contributed by atoms with Crippen LogP contribution in [0, 0.1) is 16.7 Å². The van der Waals surface area contributed by atoms with E-state index in [0.717, 1.165) is 0 Å². The van der Waals surface area contributed by atoms with E-state index in [-0.39, 0.29) is 12.5 Å². The zero-order valence-electron chi connectivity index (χ0n) is 10.5. The second-order valence-corrected chi connectivity index (χ2v) is 4.79. The maximum absolute atomic E-state index is 12.1. The lowest BCUT2D eigenvalue weighted by Crippen LogP contribution is -2.39. The molecule has 1 unspecified atom stereocenters. The molecule has 0 aromatic heterocycles. The van der Waals surface area contributed by atoms with Crippen LogP contribution in [0.2, 0.25) is 5.02 Å². The van der Waals surface area contributed by atoms with Crippen molar-refractivity contribution in [2.24, 2.45) is 11.1 Å². The molecule has 1 aromatic carbocycles. The first-order valence-electron chi connectivity index (χ1n) is 5.68. The number of carbonyl (C=O) groups excluding carboxylic acids is 1. The molecule has 0 heterocycles. The third kappa shape index (κ3) is 3.00. The van der Waals surface area contributed by atoms with Gasteiger partial charge in [-0.25, -0.2) is 0 Å². The SMILES string of the molecule is CCC(C)(CN)C(=O)Nc1ccc(C#N)cc1Cl.